The van der Waals surface area contributed by atoms with Crippen LogP contribution in [0.3, 0.4) is 0 Å². The summed E-state index contributed by atoms with van der Waals surface area (Å²) < 4.78 is 23.0. The summed E-state index contributed by atoms with van der Waals surface area (Å²) >= 11 is 2.22. The Balaban J connectivity index is 1.50. The van der Waals surface area contributed by atoms with E-state index in [4.69, 9.17) is 4.42 Å². The molecule has 0 radical (unpaired) electrons. The van der Waals surface area contributed by atoms with E-state index in [0.717, 1.165) is 12.8 Å². The van der Waals surface area contributed by atoms with Crippen LogP contribution >= 0.6 is 22.9 Å². The van der Waals surface area contributed by atoms with Crippen LogP contribution in [0, 0.1) is 12.7 Å². The van der Waals surface area contributed by atoms with E-state index in [1.54, 1.807) is 13.0 Å². The molecule has 4 aromatic heterocycles. The van der Waals surface area contributed by atoms with Gasteiger partial charge in [-0.3, -0.25) is 7.91 Å². The second kappa shape index (κ2) is 7.25. The van der Waals surface area contributed by atoms with Crippen molar-refractivity contribution in [3.05, 3.63) is 54.1 Å². The van der Waals surface area contributed by atoms with E-state index < -0.39 is 11.7 Å². The average Bonchev–Trinajstić information content (AvgIpc) is 3.18. The summed E-state index contributed by atoms with van der Waals surface area (Å²) in [7, 11) is 0. The monoisotopic (exact) mass is 533 g/mol. The van der Waals surface area contributed by atoms with E-state index in [0.29, 0.717) is 28.2 Å². The number of aromatic nitrogens is 5. The molecule has 5 rings (SSSR count). The van der Waals surface area contributed by atoms with Gasteiger partial charge in [-0.2, -0.15) is 0 Å². The van der Waals surface area contributed by atoms with Gasteiger partial charge in [0.2, 0.25) is 5.71 Å². The number of hydrogen-bond donors (Lipinski definition) is 1. The minimum Gasteiger partial charge on any atom is -0.442 e. The van der Waals surface area contributed by atoms with Crippen molar-refractivity contribution < 1.29 is 13.6 Å². The lowest BCUT2D eigenvalue weighted by atomic mass is 10.1. The van der Waals surface area contributed by atoms with Gasteiger partial charge >= 0.3 is 0 Å². The molecule has 0 aliphatic heterocycles. The third kappa shape index (κ3) is 3.42. The van der Waals surface area contributed by atoms with Crippen LogP contribution in [0.1, 0.15) is 35.9 Å². The first-order chi connectivity index (χ1) is 14.9. The molecular formula is C20H17FIN7O2. The molecule has 1 N–H and O–H groups in total. The van der Waals surface area contributed by atoms with E-state index in [9.17, 15) is 9.18 Å². The molecule has 158 valence electrons. The third-order valence-corrected chi connectivity index (χ3v) is 6.91. The Morgan fingerprint density at radius 3 is 2.87 bits per heavy atom. The van der Waals surface area contributed by atoms with Crippen LogP contribution < -0.4 is 8.43 Å². The quantitative estimate of drug-likeness (QED) is 0.303. The maximum Gasteiger partial charge on any atom is 0.261 e. The number of fused-ring (bicyclic) bond motifs is 1. The van der Waals surface area contributed by atoms with Crippen molar-refractivity contribution >= 4 is 51.5 Å². The van der Waals surface area contributed by atoms with Crippen molar-refractivity contribution in [1.82, 2.24) is 24.7 Å². The highest BCUT2D eigenvalue weighted by Gasteiger charge is 2.44. The molecule has 0 atom stereocenters. The maximum atomic E-state index is 14.0. The molecule has 0 saturated heterocycles. The van der Waals surface area contributed by atoms with Gasteiger partial charge in [-0.05, 0) is 38.8 Å². The fraction of sp³-hybridized carbons (Fsp3) is 0.250. The normalized spacial score (nSPS) is 14.6. The fourth-order valence-corrected chi connectivity index (χ4v) is 4.17. The van der Waals surface area contributed by atoms with E-state index in [2.05, 4.69) is 55.2 Å². The highest BCUT2D eigenvalue weighted by molar-refractivity contribution is 14.1. The number of furan rings is 1. The van der Waals surface area contributed by atoms with Gasteiger partial charge in [0.05, 0.1) is 33.8 Å². The van der Waals surface area contributed by atoms with Gasteiger partial charge < -0.3 is 9.73 Å². The first kappa shape index (κ1) is 19.8. The van der Waals surface area contributed by atoms with Gasteiger partial charge in [0.15, 0.2) is 23.3 Å². The van der Waals surface area contributed by atoms with Gasteiger partial charge in [0, 0.05) is 24.0 Å². The Hall–Kier alpha value is -3.09. The van der Waals surface area contributed by atoms with E-state index in [1.807, 2.05) is 3.11 Å². The zero-order valence-electron chi connectivity index (χ0n) is 16.6. The van der Waals surface area contributed by atoms with E-state index in [1.165, 1.54) is 35.5 Å². The second-order valence-corrected chi connectivity index (χ2v) is 8.56. The van der Waals surface area contributed by atoms with Gasteiger partial charge in [-0.1, -0.05) is 0 Å². The number of nitrogens with one attached hydrogen (secondary N) is 1. The Labute approximate surface area is 190 Å². The number of nitrogens with zero attached hydrogens (tertiary/aromatic N) is 6. The maximum absolute atomic E-state index is 14.0. The average molecular weight is 533 g/mol. The minimum atomic E-state index is -0.516. The SMILES string of the molecule is Cc1oc2ncnc(N(I)C3(C)CC3)c2c1C(=O)Nc1ccn(-c2ncccc2F)n1. The molecule has 0 spiro atoms. The Bertz CT molecular complexity index is 1310. The number of hydrogen-bond acceptors (Lipinski definition) is 7. The molecule has 9 nitrogen and oxygen atoms in total. The number of halogens is 2. The van der Waals surface area contributed by atoms with Gasteiger partial charge in [0.1, 0.15) is 12.1 Å². The standard InChI is InChI=1S/C20H17FIN7O2/c1-11-14(15-17(24-10-25-19(15)31-11)29(22)20(2)6-7-20)18(30)26-13-5-9-28(27-13)16-12(21)4-3-8-23-16/h3-5,8-10H,6-7H2,1-2H3,(H,26,27,30). The summed E-state index contributed by atoms with van der Waals surface area (Å²) in [6.07, 6.45) is 6.51. The molecule has 1 fully saturated rings. The lowest BCUT2D eigenvalue weighted by molar-refractivity contribution is 0.102. The first-order valence-electron chi connectivity index (χ1n) is 9.55. The van der Waals surface area contributed by atoms with Crippen LogP contribution in [-0.4, -0.2) is 36.2 Å². The minimum absolute atomic E-state index is 0.00764. The molecule has 0 aromatic carbocycles. The topological polar surface area (TPSA) is 102 Å². The first-order valence-corrected chi connectivity index (χ1v) is 10.5. The highest BCUT2D eigenvalue weighted by atomic mass is 127. The summed E-state index contributed by atoms with van der Waals surface area (Å²) in [5.41, 5.74) is 0.682. The van der Waals surface area contributed by atoms with Crippen molar-refractivity contribution in [2.75, 3.05) is 8.43 Å². The number of aryl methyl sites for hydroxylation is 1. The van der Waals surface area contributed by atoms with Gasteiger partial charge in [0.25, 0.3) is 5.91 Å². The van der Waals surface area contributed by atoms with Crippen LogP contribution in [0.15, 0.2) is 41.3 Å². The van der Waals surface area contributed by atoms with E-state index >= 15 is 0 Å². The number of pyridine rings is 1. The van der Waals surface area contributed by atoms with Crippen molar-refractivity contribution in [2.24, 2.45) is 0 Å². The molecule has 11 heteroatoms. The zero-order valence-corrected chi connectivity index (χ0v) is 18.8. The van der Waals surface area contributed by atoms with Crippen molar-refractivity contribution in [3.63, 3.8) is 0 Å². The molecular weight excluding hydrogens is 516 g/mol. The molecule has 1 saturated carbocycles. The molecule has 4 heterocycles. The number of amides is 1. The second-order valence-electron chi connectivity index (χ2n) is 7.60. The summed E-state index contributed by atoms with van der Waals surface area (Å²) in [4.78, 5) is 25.8. The molecule has 31 heavy (non-hydrogen) atoms. The number of carbonyl (C=O) groups is 1. The molecule has 4 aromatic rings. The van der Waals surface area contributed by atoms with Crippen LogP contribution in [0.2, 0.25) is 0 Å². The van der Waals surface area contributed by atoms with Crippen LogP contribution in [0.5, 0.6) is 0 Å². The van der Waals surface area contributed by atoms with E-state index in [-0.39, 0.29) is 17.2 Å². The summed E-state index contributed by atoms with van der Waals surface area (Å²) in [5, 5.41) is 7.52. The third-order valence-electron chi connectivity index (χ3n) is 5.29. The van der Waals surface area contributed by atoms with Crippen molar-refractivity contribution in [3.8, 4) is 5.82 Å². The van der Waals surface area contributed by atoms with Crippen molar-refractivity contribution in [2.45, 2.75) is 32.2 Å². The summed E-state index contributed by atoms with van der Waals surface area (Å²) in [6, 6.07) is 4.35. The van der Waals surface area contributed by atoms with Crippen LogP contribution in [-0.2, 0) is 0 Å². The molecule has 0 unspecified atom stereocenters. The largest absolute Gasteiger partial charge is 0.442 e. The summed E-state index contributed by atoms with van der Waals surface area (Å²) in [6.45, 7) is 3.85. The molecule has 1 aliphatic rings. The van der Waals surface area contributed by atoms with Crippen molar-refractivity contribution in [1.29, 1.82) is 0 Å². The summed E-state index contributed by atoms with van der Waals surface area (Å²) in [5.74, 6) is 0.427. The molecule has 1 aliphatic carbocycles. The number of rotatable bonds is 5. The Morgan fingerprint density at radius 1 is 1.32 bits per heavy atom. The predicted molar refractivity (Wildman–Crippen MR) is 120 cm³/mol. The van der Waals surface area contributed by atoms with Gasteiger partial charge in [-0.15, -0.1) is 5.10 Å². The smallest absolute Gasteiger partial charge is 0.261 e. The lowest BCUT2D eigenvalue weighted by Gasteiger charge is -2.23. The van der Waals surface area contributed by atoms with Crippen LogP contribution in [0.4, 0.5) is 16.0 Å². The predicted octanol–water partition coefficient (Wildman–Crippen LogP) is 4.21. The van der Waals surface area contributed by atoms with Crippen LogP contribution in [0.25, 0.3) is 16.9 Å². The number of anilines is 2. The number of carbonyl (C=O) groups excluding carboxylic acids is 1. The highest BCUT2D eigenvalue weighted by Crippen LogP contribution is 2.47. The Kier molecular flexibility index (Phi) is 4.64. The molecule has 0 bridgehead atoms. The zero-order chi connectivity index (χ0) is 21.8. The fourth-order valence-electron chi connectivity index (χ4n) is 3.32. The Morgan fingerprint density at radius 2 is 2.13 bits per heavy atom. The molecule has 1 amide bonds. The lowest BCUT2D eigenvalue weighted by Crippen LogP contribution is -2.26. The van der Waals surface area contributed by atoms with Gasteiger partial charge in [-0.25, -0.2) is 24.0 Å².